The van der Waals surface area contributed by atoms with Gasteiger partial charge in [-0.05, 0) is 83.5 Å². The minimum Gasteiger partial charge on any atom is -0.466 e. The molecule has 0 bridgehead atoms. The van der Waals surface area contributed by atoms with Crippen LogP contribution in [0.3, 0.4) is 0 Å². The lowest BCUT2D eigenvalue weighted by Gasteiger charge is -2.20. The molecule has 3 N–H and O–H groups in total. The number of nitrogens with one attached hydrogen (secondary N) is 1. The summed E-state index contributed by atoms with van der Waals surface area (Å²) < 4.78 is 5.42. The highest BCUT2D eigenvalue weighted by molar-refractivity contribution is 5.76. The van der Waals surface area contributed by atoms with Crippen molar-refractivity contribution in [2.24, 2.45) is 0 Å². The van der Waals surface area contributed by atoms with Crippen molar-refractivity contribution in [2.75, 3.05) is 13.2 Å². The molecule has 0 radical (unpaired) electrons. The molecule has 0 spiro atoms. The molecule has 0 aromatic carbocycles. The van der Waals surface area contributed by atoms with Gasteiger partial charge >= 0.3 is 5.97 Å². The third-order valence-electron chi connectivity index (χ3n) is 10.6. The van der Waals surface area contributed by atoms with Gasteiger partial charge in [0.25, 0.3) is 0 Å². The number of aliphatic hydroxyl groups is 2. The average Bonchev–Trinajstić information content (AvgIpc) is 3.18. The Labute approximate surface area is 341 Å². The fourth-order valence-electron chi connectivity index (χ4n) is 6.91. The maximum atomic E-state index is 12.4. The molecule has 6 heteroatoms. The van der Waals surface area contributed by atoms with Crippen molar-refractivity contribution in [3.05, 3.63) is 36.5 Å². The molecular formula is C49H91NO5. The Morgan fingerprint density at radius 1 is 0.491 bits per heavy atom. The van der Waals surface area contributed by atoms with Crippen molar-refractivity contribution in [3.63, 3.8) is 0 Å². The van der Waals surface area contributed by atoms with Gasteiger partial charge in [-0.15, -0.1) is 0 Å². The summed E-state index contributed by atoms with van der Waals surface area (Å²) in [4.78, 5) is 24.4. The minimum absolute atomic E-state index is 0.0420. The third-order valence-corrected chi connectivity index (χ3v) is 10.6. The molecule has 0 saturated carbocycles. The van der Waals surface area contributed by atoms with E-state index in [1.807, 2.05) is 6.08 Å². The monoisotopic (exact) mass is 774 g/mol. The number of carbonyl (C=O) groups excluding carboxylic acids is 2. The molecule has 0 heterocycles. The van der Waals surface area contributed by atoms with Crippen LogP contribution in [0.25, 0.3) is 0 Å². The smallest absolute Gasteiger partial charge is 0.305 e. The number of aliphatic hydroxyl groups excluding tert-OH is 2. The number of hydrogen-bond donors (Lipinski definition) is 3. The van der Waals surface area contributed by atoms with Crippen LogP contribution in [-0.4, -0.2) is 47.4 Å². The summed E-state index contributed by atoms with van der Waals surface area (Å²) in [6.45, 7) is 4.79. The summed E-state index contributed by atoms with van der Waals surface area (Å²) in [7, 11) is 0. The molecule has 0 fully saturated rings. The fraction of sp³-hybridized carbons (Fsp3) is 0.837. The first kappa shape index (κ1) is 53.1. The van der Waals surface area contributed by atoms with Gasteiger partial charge in [-0.2, -0.15) is 0 Å². The summed E-state index contributed by atoms with van der Waals surface area (Å²) in [5, 5.41) is 22.9. The second kappa shape index (κ2) is 44.8. The van der Waals surface area contributed by atoms with Crippen LogP contribution in [0.1, 0.15) is 239 Å². The highest BCUT2D eigenvalue weighted by Crippen LogP contribution is 2.14. The van der Waals surface area contributed by atoms with Gasteiger partial charge in [0.15, 0.2) is 0 Å². The molecule has 0 aliphatic carbocycles. The first-order valence-electron chi connectivity index (χ1n) is 23.8. The first-order valence-corrected chi connectivity index (χ1v) is 23.8. The van der Waals surface area contributed by atoms with Gasteiger partial charge in [0.05, 0.1) is 25.4 Å². The second-order valence-corrected chi connectivity index (χ2v) is 16.1. The quantitative estimate of drug-likeness (QED) is 0.0326. The van der Waals surface area contributed by atoms with Gasteiger partial charge in [-0.1, -0.05) is 179 Å². The highest BCUT2D eigenvalue weighted by Gasteiger charge is 2.18. The van der Waals surface area contributed by atoms with Crippen molar-refractivity contribution in [3.8, 4) is 0 Å². The van der Waals surface area contributed by atoms with Gasteiger partial charge < -0.3 is 20.3 Å². The third kappa shape index (κ3) is 41.5. The summed E-state index contributed by atoms with van der Waals surface area (Å²) >= 11 is 0. The summed E-state index contributed by atoms with van der Waals surface area (Å²) in [6.07, 6.45) is 52.8. The molecule has 6 nitrogen and oxygen atoms in total. The molecule has 322 valence electrons. The maximum Gasteiger partial charge on any atom is 0.305 e. The van der Waals surface area contributed by atoms with Crippen molar-refractivity contribution >= 4 is 11.9 Å². The molecule has 55 heavy (non-hydrogen) atoms. The number of carbonyl (C=O) groups is 2. The largest absolute Gasteiger partial charge is 0.466 e. The minimum atomic E-state index is -0.861. The number of ether oxygens (including phenoxy) is 1. The summed E-state index contributed by atoms with van der Waals surface area (Å²) in [5.74, 6) is -0.142. The van der Waals surface area contributed by atoms with Crippen molar-refractivity contribution in [1.29, 1.82) is 0 Å². The van der Waals surface area contributed by atoms with Gasteiger partial charge in [-0.3, -0.25) is 9.59 Å². The summed E-state index contributed by atoms with van der Waals surface area (Å²) in [6, 6.07) is -0.648. The van der Waals surface area contributed by atoms with Crippen LogP contribution in [0.15, 0.2) is 36.5 Å². The molecular weight excluding hydrogens is 683 g/mol. The molecule has 0 saturated heterocycles. The topological polar surface area (TPSA) is 95.9 Å². The predicted octanol–water partition coefficient (Wildman–Crippen LogP) is 13.7. The van der Waals surface area contributed by atoms with Gasteiger partial charge in [-0.25, -0.2) is 0 Å². The van der Waals surface area contributed by atoms with E-state index in [-0.39, 0.29) is 18.5 Å². The van der Waals surface area contributed by atoms with Gasteiger partial charge in [0, 0.05) is 12.8 Å². The molecule has 0 aliphatic heterocycles. The van der Waals surface area contributed by atoms with E-state index in [2.05, 4.69) is 43.5 Å². The molecule has 0 aliphatic rings. The Morgan fingerprint density at radius 2 is 0.855 bits per heavy atom. The van der Waals surface area contributed by atoms with E-state index >= 15 is 0 Å². The van der Waals surface area contributed by atoms with E-state index in [0.717, 1.165) is 83.5 Å². The van der Waals surface area contributed by atoms with Crippen molar-refractivity contribution in [2.45, 2.75) is 251 Å². The Balaban J connectivity index is 3.56. The van der Waals surface area contributed by atoms with Crippen LogP contribution >= 0.6 is 0 Å². The van der Waals surface area contributed by atoms with Crippen molar-refractivity contribution < 1.29 is 24.5 Å². The van der Waals surface area contributed by atoms with Crippen LogP contribution in [-0.2, 0) is 14.3 Å². The number of hydrogen-bond acceptors (Lipinski definition) is 5. The lowest BCUT2D eigenvalue weighted by atomic mass is 10.1. The maximum absolute atomic E-state index is 12.4. The van der Waals surface area contributed by atoms with Crippen LogP contribution in [0.5, 0.6) is 0 Å². The Bertz CT molecular complexity index is 900. The van der Waals surface area contributed by atoms with E-state index in [4.69, 9.17) is 4.74 Å². The number of unbranched alkanes of at least 4 members (excludes halogenated alkanes) is 28. The fourth-order valence-corrected chi connectivity index (χ4v) is 6.91. The van der Waals surface area contributed by atoms with E-state index in [9.17, 15) is 19.8 Å². The number of allylic oxidation sites excluding steroid dienone is 5. The van der Waals surface area contributed by atoms with Crippen LogP contribution in [0.2, 0.25) is 0 Å². The zero-order valence-electron chi connectivity index (χ0n) is 36.4. The lowest BCUT2D eigenvalue weighted by molar-refractivity contribution is -0.143. The Kier molecular flexibility index (Phi) is 43.2. The van der Waals surface area contributed by atoms with E-state index < -0.39 is 12.1 Å². The second-order valence-electron chi connectivity index (χ2n) is 16.1. The highest BCUT2D eigenvalue weighted by atomic mass is 16.5. The number of rotatable bonds is 43. The van der Waals surface area contributed by atoms with E-state index in [1.54, 1.807) is 6.08 Å². The first-order chi connectivity index (χ1) is 27.0. The van der Waals surface area contributed by atoms with E-state index in [0.29, 0.717) is 19.4 Å². The Hall–Kier alpha value is -1.92. The zero-order chi connectivity index (χ0) is 40.1. The average molecular weight is 774 g/mol. The molecule has 2 unspecified atom stereocenters. The van der Waals surface area contributed by atoms with Gasteiger partial charge in [0.2, 0.25) is 5.91 Å². The molecule has 0 rings (SSSR count). The lowest BCUT2D eigenvalue weighted by Crippen LogP contribution is -2.45. The number of esters is 1. The standard InChI is InChI=1S/C49H91NO5/c1-3-5-7-9-11-13-15-17-18-19-23-27-31-35-39-43-49(54)55-44-40-36-32-28-24-20-22-26-30-34-38-42-48(53)50-46(45-51)47(52)41-37-33-29-25-21-16-14-12-10-8-6-4-2/h17-18,24,28,37,41,46-47,51-52H,3-16,19-23,25-27,29-36,38-40,42-45H2,1-2H3,(H,50,53)/b18-17-,28-24-,41-37+. The molecule has 0 aromatic heterocycles. The molecule has 2 atom stereocenters. The van der Waals surface area contributed by atoms with Gasteiger partial charge in [0.1, 0.15) is 0 Å². The summed E-state index contributed by atoms with van der Waals surface area (Å²) in [5.41, 5.74) is 0. The molecule has 1 amide bonds. The van der Waals surface area contributed by atoms with Crippen LogP contribution in [0, 0.1) is 0 Å². The van der Waals surface area contributed by atoms with Crippen molar-refractivity contribution in [1.82, 2.24) is 5.32 Å². The molecule has 0 aromatic rings. The Morgan fingerprint density at radius 3 is 1.29 bits per heavy atom. The van der Waals surface area contributed by atoms with E-state index in [1.165, 1.54) is 128 Å². The number of amides is 1. The SMILES string of the molecule is CCCCCCCC/C=C\CCCCCCCC(=O)OCCCC/C=C\CCCCCCCC(=O)NC(CO)C(O)/C=C/CCCCCCCCCCCC. The zero-order valence-corrected chi connectivity index (χ0v) is 36.4. The normalized spacial score (nSPS) is 13.0. The predicted molar refractivity (Wildman–Crippen MR) is 236 cm³/mol. The van der Waals surface area contributed by atoms with Crippen LogP contribution < -0.4 is 5.32 Å². The van der Waals surface area contributed by atoms with Crippen LogP contribution in [0.4, 0.5) is 0 Å².